The molecule has 3 nitrogen and oxygen atoms in total. The zero-order valence-electron chi connectivity index (χ0n) is 8.54. The Bertz CT molecular complexity index is 427. The third-order valence-electron chi connectivity index (χ3n) is 1.73. The fraction of sp³-hybridized carbons (Fsp3) is 0.182. The van der Waals surface area contributed by atoms with E-state index in [2.05, 4.69) is 0 Å². The summed E-state index contributed by atoms with van der Waals surface area (Å²) >= 11 is 11.5. The van der Waals surface area contributed by atoms with E-state index in [1.807, 2.05) is 0 Å². The Morgan fingerprint density at radius 1 is 1.44 bits per heavy atom. The first kappa shape index (κ1) is 12.9. The molecule has 0 bridgehead atoms. The normalized spacial score (nSPS) is 11.3. The van der Waals surface area contributed by atoms with E-state index in [-0.39, 0.29) is 6.61 Å². The van der Waals surface area contributed by atoms with Crippen LogP contribution in [0.1, 0.15) is 6.92 Å². The van der Waals surface area contributed by atoms with Crippen molar-refractivity contribution in [3.8, 4) is 5.75 Å². The molecule has 1 aromatic rings. The van der Waals surface area contributed by atoms with Crippen molar-refractivity contribution < 1.29 is 14.6 Å². The van der Waals surface area contributed by atoms with Gasteiger partial charge in [0, 0.05) is 12.1 Å². The number of carbonyl (C=O) groups is 1. The lowest BCUT2D eigenvalue weighted by Crippen LogP contribution is -2.01. The highest BCUT2D eigenvalue weighted by Crippen LogP contribution is 2.26. The number of ether oxygens (including phenoxy) is 1. The first-order chi connectivity index (χ1) is 7.49. The fourth-order valence-electron chi connectivity index (χ4n) is 1.02. The minimum atomic E-state index is -0.991. The number of carboxylic acid groups (broad SMARTS) is 1. The van der Waals surface area contributed by atoms with Crippen LogP contribution in [0.2, 0.25) is 10.0 Å². The Hall–Kier alpha value is -1.19. The number of aliphatic carboxylic acids is 1. The van der Waals surface area contributed by atoms with Crippen LogP contribution in [0.3, 0.4) is 0 Å². The molecule has 16 heavy (non-hydrogen) atoms. The van der Waals surface area contributed by atoms with Gasteiger partial charge in [0.2, 0.25) is 0 Å². The Labute approximate surface area is 103 Å². The highest BCUT2D eigenvalue weighted by molar-refractivity contribution is 6.42. The predicted octanol–water partition coefficient (Wildman–Crippen LogP) is 3.40. The van der Waals surface area contributed by atoms with Crippen LogP contribution in [0.4, 0.5) is 0 Å². The predicted molar refractivity (Wildman–Crippen MR) is 63.3 cm³/mol. The number of rotatable bonds is 4. The van der Waals surface area contributed by atoms with Crippen LogP contribution in [0.5, 0.6) is 5.75 Å². The quantitative estimate of drug-likeness (QED) is 0.845. The van der Waals surface area contributed by atoms with Crippen molar-refractivity contribution in [2.24, 2.45) is 0 Å². The summed E-state index contributed by atoms with van der Waals surface area (Å²) < 4.78 is 5.33. The van der Waals surface area contributed by atoms with Crippen molar-refractivity contribution in [1.29, 1.82) is 0 Å². The molecule has 0 spiro atoms. The van der Waals surface area contributed by atoms with Crippen molar-refractivity contribution in [2.75, 3.05) is 6.61 Å². The standard InChI is InChI=1S/C11H10Cl2O3/c1-7(4-11(14)15)6-16-8-2-3-9(12)10(13)5-8/h2-5H,6H2,1H3,(H,14,15)/b7-4+. The lowest BCUT2D eigenvalue weighted by Gasteiger charge is -2.06. The topological polar surface area (TPSA) is 46.5 Å². The van der Waals surface area contributed by atoms with Gasteiger partial charge in [0.1, 0.15) is 12.4 Å². The fourth-order valence-corrected chi connectivity index (χ4v) is 1.30. The van der Waals surface area contributed by atoms with Crippen molar-refractivity contribution in [1.82, 2.24) is 0 Å². The Morgan fingerprint density at radius 3 is 2.69 bits per heavy atom. The molecule has 1 aromatic carbocycles. The molecule has 86 valence electrons. The molecule has 1 N–H and O–H groups in total. The molecule has 0 atom stereocenters. The molecule has 0 aliphatic rings. The van der Waals surface area contributed by atoms with Crippen LogP contribution in [0.25, 0.3) is 0 Å². The summed E-state index contributed by atoms with van der Waals surface area (Å²) in [6.07, 6.45) is 1.09. The Kier molecular flexibility index (Phi) is 4.65. The van der Waals surface area contributed by atoms with E-state index in [0.717, 1.165) is 6.08 Å². The highest BCUT2D eigenvalue weighted by Gasteiger charge is 2.01. The van der Waals surface area contributed by atoms with Gasteiger partial charge < -0.3 is 9.84 Å². The zero-order valence-corrected chi connectivity index (χ0v) is 10.0. The monoisotopic (exact) mass is 260 g/mol. The summed E-state index contributed by atoms with van der Waals surface area (Å²) in [4.78, 5) is 10.3. The summed E-state index contributed by atoms with van der Waals surface area (Å²) in [6, 6.07) is 4.87. The van der Waals surface area contributed by atoms with Crippen LogP contribution >= 0.6 is 23.2 Å². The van der Waals surface area contributed by atoms with E-state index in [1.54, 1.807) is 25.1 Å². The lowest BCUT2D eigenvalue weighted by atomic mass is 10.3. The van der Waals surface area contributed by atoms with Crippen LogP contribution in [0, 0.1) is 0 Å². The first-order valence-electron chi connectivity index (χ1n) is 4.47. The number of carboxylic acids is 1. The minimum absolute atomic E-state index is 0.199. The molecule has 0 amide bonds. The van der Waals surface area contributed by atoms with Crippen molar-refractivity contribution >= 4 is 29.2 Å². The number of halogens is 2. The van der Waals surface area contributed by atoms with Gasteiger partial charge in [-0.2, -0.15) is 0 Å². The highest BCUT2D eigenvalue weighted by atomic mass is 35.5. The molecule has 0 saturated heterocycles. The number of benzene rings is 1. The molecule has 0 fully saturated rings. The van der Waals surface area contributed by atoms with Crippen LogP contribution in [0.15, 0.2) is 29.8 Å². The van der Waals surface area contributed by atoms with Gasteiger partial charge in [0.15, 0.2) is 0 Å². The van der Waals surface area contributed by atoms with Gasteiger partial charge in [-0.15, -0.1) is 0 Å². The summed E-state index contributed by atoms with van der Waals surface area (Å²) in [5.74, 6) is -0.442. The van der Waals surface area contributed by atoms with Gasteiger partial charge in [-0.3, -0.25) is 0 Å². The lowest BCUT2D eigenvalue weighted by molar-refractivity contribution is -0.131. The van der Waals surface area contributed by atoms with Crippen molar-refractivity contribution in [2.45, 2.75) is 6.92 Å². The average Bonchev–Trinajstić information content (AvgIpc) is 2.19. The van der Waals surface area contributed by atoms with Gasteiger partial charge in [-0.25, -0.2) is 4.79 Å². The summed E-state index contributed by atoms with van der Waals surface area (Å²) in [6.45, 7) is 1.87. The Balaban J connectivity index is 2.61. The second-order valence-electron chi connectivity index (χ2n) is 3.19. The van der Waals surface area contributed by atoms with Crippen LogP contribution in [-0.2, 0) is 4.79 Å². The molecule has 0 radical (unpaired) electrons. The van der Waals surface area contributed by atoms with Gasteiger partial charge in [0.05, 0.1) is 10.0 Å². The molecule has 0 aromatic heterocycles. The van der Waals surface area contributed by atoms with Gasteiger partial charge in [-0.1, -0.05) is 23.2 Å². The summed E-state index contributed by atoms with van der Waals surface area (Å²) in [5.41, 5.74) is 0.610. The number of hydrogen-bond donors (Lipinski definition) is 1. The van der Waals surface area contributed by atoms with Gasteiger partial charge in [0.25, 0.3) is 0 Å². The first-order valence-corrected chi connectivity index (χ1v) is 5.22. The molecule has 0 heterocycles. The minimum Gasteiger partial charge on any atom is -0.489 e. The largest absolute Gasteiger partial charge is 0.489 e. The smallest absolute Gasteiger partial charge is 0.328 e. The van der Waals surface area contributed by atoms with Crippen LogP contribution in [-0.4, -0.2) is 17.7 Å². The molecule has 0 aliphatic heterocycles. The molecule has 5 heteroatoms. The van der Waals surface area contributed by atoms with Gasteiger partial charge in [-0.05, 0) is 24.6 Å². The average molecular weight is 261 g/mol. The second kappa shape index (κ2) is 5.77. The summed E-state index contributed by atoms with van der Waals surface area (Å²) in [7, 11) is 0. The third kappa shape index (κ3) is 4.13. The van der Waals surface area contributed by atoms with Crippen molar-refractivity contribution in [3.63, 3.8) is 0 Å². The molecule has 1 rings (SSSR count). The maximum atomic E-state index is 10.3. The van der Waals surface area contributed by atoms with Crippen LogP contribution < -0.4 is 4.74 Å². The Morgan fingerprint density at radius 2 is 2.12 bits per heavy atom. The molecule has 0 saturated carbocycles. The SMILES string of the molecule is C/C(=C\C(=O)O)COc1ccc(Cl)c(Cl)c1. The van der Waals surface area contributed by atoms with E-state index in [0.29, 0.717) is 21.4 Å². The molecule has 0 aliphatic carbocycles. The molecular weight excluding hydrogens is 251 g/mol. The summed E-state index contributed by atoms with van der Waals surface area (Å²) in [5, 5.41) is 9.34. The van der Waals surface area contributed by atoms with E-state index in [1.165, 1.54) is 0 Å². The maximum absolute atomic E-state index is 10.3. The van der Waals surface area contributed by atoms with E-state index in [4.69, 9.17) is 33.0 Å². The van der Waals surface area contributed by atoms with Gasteiger partial charge >= 0.3 is 5.97 Å². The second-order valence-corrected chi connectivity index (χ2v) is 4.01. The maximum Gasteiger partial charge on any atom is 0.328 e. The number of hydrogen-bond acceptors (Lipinski definition) is 2. The van der Waals surface area contributed by atoms with Crippen molar-refractivity contribution in [3.05, 3.63) is 39.9 Å². The van der Waals surface area contributed by atoms with E-state index in [9.17, 15) is 4.79 Å². The molecule has 0 unspecified atom stereocenters. The van der Waals surface area contributed by atoms with E-state index >= 15 is 0 Å². The third-order valence-corrected chi connectivity index (χ3v) is 2.47. The van der Waals surface area contributed by atoms with E-state index < -0.39 is 5.97 Å². The zero-order chi connectivity index (χ0) is 12.1. The molecular formula is C11H10Cl2O3.